The van der Waals surface area contributed by atoms with Crippen molar-refractivity contribution in [2.75, 3.05) is 0 Å². The number of aromatic hydroxyl groups is 1. The van der Waals surface area contributed by atoms with Gasteiger partial charge in [-0.15, -0.1) is 0 Å². The van der Waals surface area contributed by atoms with Gasteiger partial charge < -0.3 is 9.52 Å². The van der Waals surface area contributed by atoms with E-state index < -0.39 is 21.3 Å². The van der Waals surface area contributed by atoms with Gasteiger partial charge >= 0.3 is 21.3 Å². The van der Waals surface area contributed by atoms with Crippen LogP contribution in [0.2, 0.25) is 0 Å². The summed E-state index contributed by atoms with van der Waals surface area (Å²) in [5, 5.41) is 9.99. The lowest BCUT2D eigenvalue weighted by molar-refractivity contribution is -0.0510. The van der Waals surface area contributed by atoms with E-state index in [1.165, 1.54) is 12.1 Å². The summed E-state index contributed by atoms with van der Waals surface area (Å²) >= 11 is 0. The van der Waals surface area contributed by atoms with Crippen molar-refractivity contribution in [1.29, 1.82) is 0 Å². The molecule has 1 aromatic carbocycles. The van der Waals surface area contributed by atoms with Gasteiger partial charge in [-0.05, 0) is 24.6 Å². The second-order valence-corrected chi connectivity index (χ2v) is 5.26. The Morgan fingerprint density at radius 2 is 1.71 bits per heavy atom. The van der Waals surface area contributed by atoms with Crippen molar-refractivity contribution in [2.45, 2.75) is 12.4 Å². The first-order valence-electron chi connectivity index (χ1n) is 5.19. The third-order valence-electron chi connectivity index (χ3n) is 2.23. The number of halogens is 3. The number of benzene rings is 1. The zero-order valence-corrected chi connectivity index (χ0v) is 11.2. The first-order valence-corrected chi connectivity index (χ1v) is 6.63. The van der Waals surface area contributed by atoms with E-state index >= 15 is 0 Å². The number of hydrogen-bond acceptors (Lipinski definition) is 5. The summed E-state index contributed by atoms with van der Waals surface area (Å²) in [4.78, 5) is 11.0. The molecule has 0 aliphatic carbocycles. The predicted octanol–water partition coefficient (Wildman–Crippen LogP) is 2.20. The molecule has 0 spiro atoms. The van der Waals surface area contributed by atoms with Crippen LogP contribution in [0.3, 0.4) is 0 Å². The average molecular weight is 326 g/mol. The molecule has 0 fully saturated rings. The molecular weight excluding hydrogens is 317 g/mol. The SMILES string of the molecule is Cc1cc(=O)oc2cc(O)ccc12.O=S(=O)(O)C(F)(F)F. The van der Waals surface area contributed by atoms with Gasteiger partial charge in [0.1, 0.15) is 11.3 Å². The highest BCUT2D eigenvalue weighted by Gasteiger charge is 2.44. The monoisotopic (exact) mass is 326 g/mol. The number of hydrogen-bond donors (Lipinski definition) is 2. The molecule has 0 amide bonds. The maximum Gasteiger partial charge on any atom is 0.522 e. The number of phenolic OH excluding ortho intramolecular Hbond substituents is 1. The van der Waals surface area contributed by atoms with Crippen molar-refractivity contribution in [1.82, 2.24) is 0 Å². The highest BCUT2D eigenvalue weighted by atomic mass is 32.2. The summed E-state index contributed by atoms with van der Waals surface area (Å²) in [6.45, 7) is 1.83. The maximum absolute atomic E-state index is 11.0. The van der Waals surface area contributed by atoms with Crippen LogP contribution >= 0.6 is 0 Å². The van der Waals surface area contributed by atoms with Gasteiger partial charge in [0, 0.05) is 17.5 Å². The van der Waals surface area contributed by atoms with Crippen LogP contribution in [0.5, 0.6) is 5.75 Å². The molecule has 2 N–H and O–H groups in total. The molecule has 2 aromatic rings. The summed E-state index contributed by atoms with van der Waals surface area (Å²) in [7, 11) is -5.84. The fourth-order valence-corrected chi connectivity index (χ4v) is 1.31. The smallest absolute Gasteiger partial charge is 0.508 e. The number of fused-ring (bicyclic) bond motifs is 1. The number of aryl methyl sites for hydroxylation is 1. The van der Waals surface area contributed by atoms with Crippen molar-refractivity contribution in [2.24, 2.45) is 0 Å². The van der Waals surface area contributed by atoms with Crippen LogP contribution in [0.4, 0.5) is 13.2 Å². The third kappa shape index (κ3) is 4.46. The summed E-state index contributed by atoms with van der Waals surface area (Å²) < 4.78 is 62.4. The molecule has 0 unspecified atom stereocenters. The molecule has 0 bridgehead atoms. The Morgan fingerprint density at radius 3 is 2.19 bits per heavy atom. The molecule has 0 radical (unpaired) electrons. The van der Waals surface area contributed by atoms with Crippen LogP contribution in [0, 0.1) is 6.92 Å². The van der Waals surface area contributed by atoms with Crippen LogP contribution in [0.25, 0.3) is 11.0 Å². The Bertz CT molecular complexity index is 807. The normalized spacial score (nSPS) is 11.9. The third-order valence-corrected chi connectivity index (χ3v) is 2.81. The summed E-state index contributed by atoms with van der Waals surface area (Å²) in [5.41, 5.74) is -4.65. The van der Waals surface area contributed by atoms with E-state index in [1.54, 1.807) is 12.1 Å². The Labute approximate surface area is 116 Å². The minimum atomic E-state index is -5.84. The molecule has 0 atom stereocenters. The van der Waals surface area contributed by atoms with Crippen LogP contribution < -0.4 is 5.63 Å². The molecule has 21 heavy (non-hydrogen) atoms. The second kappa shape index (κ2) is 5.74. The van der Waals surface area contributed by atoms with E-state index in [0.717, 1.165) is 10.9 Å². The van der Waals surface area contributed by atoms with Gasteiger partial charge in [0.2, 0.25) is 0 Å². The zero-order valence-electron chi connectivity index (χ0n) is 10.4. The molecule has 0 saturated heterocycles. The number of rotatable bonds is 0. The van der Waals surface area contributed by atoms with Crippen LogP contribution in [-0.2, 0) is 10.1 Å². The van der Waals surface area contributed by atoms with Crippen LogP contribution in [-0.4, -0.2) is 23.6 Å². The fraction of sp³-hybridized carbons (Fsp3) is 0.182. The van der Waals surface area contributed by atoms with Gasteiger partial charge in [0.25, 0.3) is 0 Å². The Kier molecular flexibility index (Phi) is 4.64. The Balaban J connectivity index is 0.000000240. The van der Waals surface area contributed by atoms with Gasteiger partial charge in [-0.3, -0.25) is 4.55 Å². The molecule has 10 heteroatoms. The molecular formula is C11H9F3O6S. The van der Waals surface area contributed by atoms with Gasteiger partial charge in [0.15, 0.2) is 0 Å². The molecule has 0 aliphatic rings. The van der Waals surface area contributed by atoms with E-state index in [9.17, 15) is 18.0 Å². The van der Waals surface area contributed by atoms with Gasteiger partial charge in [0.05, 0.1) is 0 Å². The van der Waals surface area contributed by atoms with Crippen LogP contribution in [0.1, 0.15) is 5.56 Å². The van der Waals surface area contributed by atoms with Crippen molar-refractivity contribution in [3.05, 3.63) is 40.2 Å². The van der Waals surface area contributed by atoms with Crippen molar-refractivity contribution in [3.8, 4) is 5.75 Å². The summed E-state index contributed by atoms with van der Waals surface area (Å²) in [6, 6.07) is 6.15. The summed E-state index contributed by atoms with van der Waals surface area (Å²) in [5.74, 6) is 0.0984. The quantitative estimate of drug-likeness (QED) is 0.437. The lowest BCUT2D eigenvalue weighted by atomic mass is 10.1. The molecule has 2 rings (SSSR count). The molecule has 116 valence electrons. The standard InChI is InChI=1S/C10H8O3.CHF3O3S/c1-6-4-10(12)13-9-5-7(11)2-3-8(6)9;2-1(3,4)8(5,6)7/h2-5,11H,1H3;(H,5,6,7). The second-order valence-electron chi connectivity index (χ2n) is 3.85. The van der Waals surface area contributed by atoms with Crippen molar-refractivity contribution in [3.63, 3.8) is 0 Å². The van der Waals surface area contributed by atoms with Crippen molar-refractivity contribution >= 4 is 21.1 Å². The molecule has 1 heterocycles. The van der Waals surface area contributed by atoms with E-state index in [0.29, 0.717) is 5.58 Å². The fourth-order valence-electron chi connectivity index (χ4n) is 1.31. The van der Waals surface area contributed by atoms with Crippen molar-refractivity contribution < 1.29 is 35.7 Å². The molecule has 6 nitrogen and oxygen atoms in total. The topological polar surface area (TPSA) is 105 Å². The predicted molar refractivity (Wildman–Crippen MR) is 66.5 cm³/mol. The minimum Gasteiger partial charge on any atom is -0.508 e. The largest absolute Gasteiger partial charge is 0.522 e. The zero-order chi connectivity index (χ0) is 16.4. The Morgan fingerprint density at radius 1 is 1.19 bits per heavy atom. The number of alkyl halides is 3. The Hall–Kier alpha value is -2.07. The van der Waals surface area contributed by atoms with Gasteiger partial charge in [-0.1, -0.05) is 0 Å². The van der Waals surface area contributed by atoms with E-state index in [1.807, 2.05) is 6.92 Å². The van der Waals surface area contributed by atoms with E-state index in [4.69, 9.17) is 22.5 Å². The van der Waals surface area contributed by atoms with E-state index in [2.05, 4.69) is 0 Å². The highest BCUT2D eigenvalue weighted by molar-refractivity contribution is 7.86. The highest BCUT2D eigenvalue weighted by Crippen LogP contribution is 2.21. The maximum atomic E-state index is 11.0. The first kappa shape index (κ1) is 17.0. The lowest BCUT2D eigenvalue weighted by Gasteiger charge is -1.99. The first-order chi connectivity index (χ1) is 9.41. The van der Waals surface area contributed by atoms with E-state index in [-0.39, 0.29) is 5.75 Å². The minimum absolute atomic E-state index is 0.0984. The van der Waals surface area contributed by atoms with Crippen LogP contribution in [0.15, 0.2) is 33.5 Å². The average Bonchev–Trinajstić information content (AvgIpc) is 2.25. The molecule has 1 aromatic heterocycles. The summed E-state index contributed by atoms with van der Waals surface area (Å²) in [6.07, 6.45) is 0. The lowest BCUT2D eigenvalue weighted by Crippen LogP contribution is -2.21. The van der Waals surface area contributed by atoms with Gasteiger partial charge in [-0.2, -0.15) is 21.6 Å². The van der Waals surface area contributed by atoms with Gasteiger partial charge in [-0.25, -0.2) is 4.79 Å². The molecule has 0 aliphatic heterocycles. The molecule has 0 saturated carbocycles. The number of phenols is 1.